The molecule has 4 heteroatoms. The summed E-state index contributed by atoms with van der Waals surface area (Å²) in [6.45, 7) is 2.40. The molecular formula is C15H18O4. The minimum Gasteiger partial charge on any atom is -0.478 e. The molecule has 1 unspecified atom stereocenters. The Labute approximate surface area is 112 Å². The van der Waals surface area contributed by atoms with Crippen molar-refractivity contribution < 1.29 is 19.4 Å². The van der Waals surface area contributed by atoms with E-state index in [9.17, 15) is 9.90 Å². The Morgan fingerprint density at radius 3 is 2.84 bits per heavy atom. The number of carboxylic acids is 1. The van der Waals surface area contributed by atoms with Crippen LogP contribution in [0.25, 0.3) is 5.57 Å². The molecule has 1 heterocycles. The maximum absolute atomic E-state index is 11.2. The van der Waals surface area contributed by atoms with Crippen LogP contribution in [0.3, 0.4) is 0 Å². The molecule has 2 rings (SSSR count). The van der Waals surface area contributed by atoms with Crippen molar-refractivity contribution in [1.29, 1.82) is 0 Å². The fourth-order valence-corrected chi connectivity index (χ4v) is 2.13. The van der Waals surface area contributed by atoms with Crippen molar-refractivity contribution in [1.82, 2.24) is 0 Å². The Kier molecular flexibility index (Phi) is 4.58. The van der Waals surface area contributed by atoms with Crippen LogP contribution in [-0.2, 0) is 9.53 Å². The Morgan fingerprint density at radius 2 is 2.21 bits per heavy atom. The highest BCUT2D eigenvalue weighted by Crippen LogP contribution is 2.28. The Balaban J connectivity index is 2.22. The molecule has 19 heavy (non-hydrogen) atoms. The zero-order valence-corrected chi connectivity index (χ0v) is 11.0. The van der Waals surface area contributed by atoms with Gasteiger partial charge in [-0.2, -0.15) is 0 Å². The van der Waals surface area contributed by atoms with Crippen LogP contribution in [0.15, 0.2) is 30.3 Å². The second-order valence-corrected chi connectivity index (χ2v) is 4.42. The molecule has 0 amide bonds. The van der Waals surface area contributed by atoms with E-state index in [1.54, 1.807) is 31.2 Å². The van der Waals surface area contributed by atoms with Gasteiger partial charge in [0.1, 0.15) is 5.75 Å². The summed E-state index contributed by atoms with van der Waals surface area (Å²) in [4.78, 5) is 11.2. The Bertz CT molecular complexity index is 473. The van der Waals surface area contributed by atoms with Crippen molar-refractivity contribution >= 4 is 11.5 Å². The molecule has 0 aromatic heterocycles. The van der Waals surface area contributed by atoms with Gasteiger partial charge in [-0.15, -0.1) is 0 Å². The van der Waals surface area contributed by atoms with Crippen molar-refractivity contribution in [2.24, 2.45) is 0 Å². The number of carboxylic acid groups (broad SMARTS) is 1. The standard InChI is InChI=1S/C15H18O4/c1-2-11(15(16)17)12-7-3-4-8-13(12)19-14-9-5-6-10-18-14/h2-4,7-8,14H,5-6,9-10H2,1H3,(H,16,17). The van der Waals surface area contributed by atoms with Crippen molar-refractivity contribution in [2.45, 2.75) is 32.5 Å². The quantitative estimate of drug-likeness (QED) is 0.847. The van der Waals surface area contributed by atoms with Crippen LogP contribution in [0.1, 0.15) is 31.7 Å². The second-order valence-electron chi connectivity index (χ2n) is 4.42. The summed E-state index contributed by atoms with van der Waals surface area (Å²) in [7, 11) is 0. The molecule has 0 bridgehead atoms. The first-order chi connectivity index (χ1) is 9.22. The molecule has 1 saturated heterocycles. The molecule has 1 aliphatic heterocycles. The summed E-state index contributed by atoms with van der Waals surface area (Å²) in [5.74, 6) is -0.395. The zero-order chi connectivity index (χ0) is 13.7. The lowest BCUT2D eigenvalue weighted by atomic mass is 10.0. The van der Waals surface area contributed by atoms with E-state index in [1.165, 1.54) is 0 Å². The highest BCUT2D eigenvalue weighted by molar-refractivity contribution is 6.16. The van der Waals surface area contributed by atoms with Crippen molar-refractivity contribution in [3.8, 4) is 5.75 Å². The second kappa shape index (κ2) is 6.38. The summed E-state index contributed by atoms with van der Waals surface area (Å²) in [5.41, 5.74) is 0.832. The van der Waals surface area contributed by atoms with Crippen LogP contribution in [-0.4, -0.2) is 24.0 Å². The number of hydrogen-bond acceptors (Lipinski definition) is 3. The summed E-state index contributed by atoms with van der Waals surface area (Å²) in [6, 6.07) is 7.16. The summed E-state index contributed by atoms with van der Waals surface area (Å²) >= 11 is 0. The summed E-state index contributed by atoms with van der Waals surface area (Å²) < 4.78 is 11.3. The molecule has 1 fully saturated rings. The van der Waals surface area contributed by atoms with Crippen LogP contribution in [0.2, 0.25) is 0 Å². The van der Waals surface area contributed by atoms with Crippen LogP contribution in [0.5, 0.6) is 5.75 Å². The van der Waals surface area contributed by atoms with Crippen molar-refractivity contribution in [3.05, 3.63) is 35.9 Å². The zero-order valence-electron chi connectivity index (χ0n) is 11.0. The van der Waals surface area contributed by atoms with E-state index in [2.05, 4.69) is 0 Å². The first-order valence-corrected chi connectivity index (χ1v) is 6.49. The number of carbonyl (C=O) groups is 1. The number of allylic oxidation sites excluding steroid dienone is 1. The maximum atomic E-state index is 11.2. The molecule has 0 saturated carbocycles. The van der Waals surface area contributed by atoms with E-state index in [0.717, 1.165) is 19.3 Å². The van der Waals surface area contributed by atoms with Crippen LogP contribution >= 0.6 is 0 Å². The third-order valence-corrected chi connectivity index (χ3v) is 3.09. The fourth-order valence-electron chi connectivity index (χ4n) is 2.13. The van der Waals surface area contributed by atoms with Gasteiger partial charge < -0.3 is 14.6 Å². The van der Waals surface area contributed by atoms with Gasteiger partial charge in [0.25, 0.3) is 0 Å². The van der Waals surface area contributed by atoms with Gasteiger partial charge in [0.2, 0.25) is 0 Å². The topological polar surface area (TPSA) is 55.8 Å². The van der Waals surface area contributed by atoms with Gasteiger partial charge in [-0.25, -0.2) is 4.79 Å². The minimum absolute atomic E-state index is 0.242. The monoisotopic (exact) mass is 262 g/mol. The molecule has 1 aromatic rings. The molecule has 1 N–H and O–H groups in total. The van der Waals surface area contributed by atoms with Crippen LogP contribution < -0.4 is 4.74 Å². The molecule has 0 spiro atoms. The molecule has 1 aromatic carbocycles. The number of aliphatic carboxylic acids is 1. The van der Waals surface area contributed by atoms with E-state index in [1.807, 2.05) is 6.07 Å². The highest BCUT2D eigenvalue weighted by atomic mass is 16.7. The number of benzene rings is 1. The first-order valence-electron chi connectivity index (χ1n) is 6.49. The van der Waals surface area contributed by atoms with E-state index in [0.29, 0.717) is 17.9 Å². The molecular weight excluding hydrogens is 244 g/mol. The van der Waals surface area contributed by atoms with Gasteiger partial charge in [-0.3, -0.25) is 0 Å². The van der Waals surface area contributed by atoms with E-state index >= 15 is 0 Å². The lowest BCUT2D eigenvalue weighted by Crippen LogP contribution is -2.25. The fraction of sp³-hybridized carbons (Fsp3) is 0.400. The predicted octanol–water partition coefficient (Wildman–Crippen LogP) is 3.08. The van der Waals surface area contributed by atoms with Gasteiger partial charge in [-0.05, 0) is 25.8 Å². The predicted molar refractivity (Wildman–Crippen MR) is 71.9 cm³/mol. The van der Waals surface area contributed by atoms with Gasteiger partial charge in [-0.1, -0.05) is 24.3 Å². The minimum atomic E-state index is -0.955. The van der Waals surface area contributed by atoms with Crippen molar-refractivity contribution in [3.63, 3.8) is 0 Å². The number of para-hydroxylation sites is 1. The Morgan fingerprint density at radius 1 is 1.42 bits per heavy atom. The normalized spacial score (nSPS) is 20.1. The molecule has 0 radical (unpaired) electrons. The van der Waals surface area contributed by atoms with E-state index < -0.39 is 5.97 Å². The molecule has 102 valence electrons. The number of rotatable bonds is 4. The Hall–Kier alpha value is -1.81. The lowest BCUT2D eigenvalue weighted by Gasteiger charge is -2.24. The van der Waals surface area contributed by atoms with Crippen LogP contribution in [0.4, 0.5) is 0 Å². The van der Waals surface area contributed by atoms with Gasteiger partial charge >= 0.3 is 5.97 Å². The maximum Gasteiger partial charge on any atom is 0.336 e. The van der Waals surface area contributed by atoms with Crippen LogP contribution in [0, 0.1) is 0 Å². The van der Waals surface area contributed by atoms with Gasteiger partial charge in [0, 0.05) is 12.0 Å². The molecule has 1 aliphatic rings. The third kappa shape index (κ3) is 3.35. The highest BCUT2D eigenvalue weighted by Gasteiger charge is 2.19. The number of hydrogen-bond donors (Lipinski definition) is 1. The molecule has 1 atom stereocenters. The smallest absolute Gasteiger partial charge is 0.336 e. The largest absolute Gasteiger partial charge is 0.478 e. The first kappa shape index (κ1) is 13.6. The van der Waals surface area contributed by atoms with E-state index in [-0.39, 0.29) is 11.9 Å². The average molecular weight is 262 g/mol. The third-order valence-electron chi connectivity index (χ3n) is 3.09. The molecule has 4 nitrogen and oxygen atoms in total. The van der Waals surface area contributed by atoms with Gasteiger partial charge in [0.05, 0.1) is 12.2 Å². The SMILES string of the molecule is CC=C(C(=O)O)c1ccccc1OC1CCCCO1. The van der Waals surface area contributed by atoms with Gasteiger partial charge in [0.15, 0.2) is 6.29 Å². The van der Waals surface area contributed by atoms with E-state index in [4.69, 9.17) is 9.47 Å². The summed E-state index contributed by atoms with van der Waals surface area (Å²) in [6.07, 6.45) is 4.26. The summed E-state index contributed by atoms with van der Waals surface area (Å²) in [5, 5.41) is 9.20. The van der Waals surface area contributed by atoms with Crippen molar-refractivity contribution in [2.75, 3.05) is 6.61 Å². The molecule has 0 aliphatic carbocycles. The number of ether oxygens (including phenoxy) is 2. The lowest BCUT2D eigenvalue weighted by molar-refractivity contribution is -0.130. The average Bonchev–Trinajstić information content (AvgIpc) is 2.42.